The van der Waals surface area contributed by atoms with Gasteiger partial charge in [-0.05, 0) is 13.0 Å². The Labute approximate surface area is 113 Å². The molecular weight excluding hydrogens is 405 g/mol. The van der Waals surface area contributed by atoms with Gasteiger partial charge in [0.05, 0.1) is 0 Å². The molecular formula is C8H20NOPS2W. The van der Waals surface area contributed by atoms with E-state index in [9.17, 15) is 0 Å². The minimum absolute atomic E-state index is 0. The standard InChI is InChI=1S/C8H17N.H3OPS2.W/c1-3-5-6-8-9-7-4-2;1-2(3)4;/h4,9H,2-3,5-8H2,1H3;2H,(H2,1,3,4);. The normalized spacial score (nSPS) is 10.5. The summed E-state index contributed by atoms with van der Waals surface area (Å²) in [6.07, 6.45) is 4.23. The summed E-state index contributed by atoms with van der Waals surface area (Å²) in [7, 11) is 0. The Morgan fingerprint density at radius 3 is 2.43 bits per heavy atom. The van der Waals surface area contributed by atoms with Gasteiger partial charge in [0.15, 0.2) is 0 Å². The average molecular weight is 425 g/mol. The second-order valence-corrected chi connectivity index (χ2v) is 6.39. The van der Waals surface area contributed by atoms with E-state index in [2.05, 4.69) is 42.9 Å². The molecule has 0 radical (unpaired) electrons. The molecule has 0 spiro atoms. The Kier molecular flexibility index (Phi) is 29.4. The van der Waals surface area contributed by atoms with Crippen molar-refractivity contribution in [1.82, 2.24) is 5.32 Å². The second-order valence-electron chi connectivity index (χ2n) is 2.48. The molecule has 0 saturated carbocycles. The molecule has 1 unspecified atom stereocenters. The van der Waals surface area contributed by atoms with Crippen LogP contribution < -0.4 is 5.32 Å². The summed E-state index contributed by atoms with van der Waals surface area (Å²) in [5.41, 5.74) is 0. The van der Waals surface area contributed by atoms with Gasteiger partial charge in [0.2, 0.25) is 0 Å². The van der Waals surface area contributed by atoms with E-state index in [0.717, 1.165) is 13.1 Å². The van der Waals surface area contributed by atoms with Crippen LogP contribution in [0.2, 0.25) is 0 Å². The van der Waals surface area contributed by atoms with E-state index in [-0.39, 0.29) is 21.1 Å². The molecule has 0 heterocycles. The molecule has 86 valence electrons. The topological polar surface area (TPSA) is 32.3 Å². The first-order valence-corrected chi connectivity index (χ1v) is 8.25. The Morgan fingerprint density at radius 1 is 1.57 bits per heavy atom. The fraction of sp³-hybridized carbons (Fsp3) is 0.750. The Bertz CT molecular complexity index is 135. The quantitative estimate of drug-likeness (QED) is 0.265. The van der Waals surface area contributed by atoms with Gasteiger partial charge < -0.3 is 10.2 Å². The van der Waals surface area contributed by atoms with Crippen molar-refractivity contribution in [2.75, 3.05) is 13.1 Å². The van der Waals surface area contributed by atoms with Gasteiger partial charge in [-0.25, -0.2) is 0 Å². The summed E-state index contributed by atoms with van der Waals surface area (Å²) in [6.45, 7) is 7.92. The van der Waals surface area contributed by atoms with E-state index in [1.165, 1.54) is 19.3 Å². The van der Waals surface area contributed by atoms with Crippen LogP contribution in [0.3, 0.4) is 0 Å². The Hall–Kier alpha value is 1.35. The molecule has 0 rings (SSSR count). The molecule has 2 N–H and O–H groups in total. The molecule has 6 heteroatoms. The van der Waals surface area contributed by atoms with Crippen LogP contribution in [-0.4, -0.2) is 18.0 Å². The van der Waals surface area contributed by atoms with Crippen molar-refractivity contribution in [3.8, 4) is 0 Å². The molecule has 2 nitrogen and oxygen atoms in total. The van der Waals surface area contributed by atoms with Crippen LogP contribution >= 0.6 is 18.4 Å². The zero-order chi connectivity index (χ0) is 10.5. The van der Waals surface area contributed by atoms with Gasteiger partial charge in [0.25, 0.3) is 0 Å². The van der Waals surface area contributed by atoms with E-state index < -0.39 is 6.13 Å². The summed E-state index contributed by atoms with van der Waals surface area (Å²) in [6, 6.07) is 0. The minimum Gasteiger partial charge on any atom is -0.359 e. The first kappa shape index (κ1) is 20.7. The first-order valence-electron chi connectivity index (χ1n) is 4.38. The summed E-state index contributed by atoms with van der Waals surface area (Å²) in [5, 5.41) is 3.25. The monoisotopic (exact) mass is 425 g/mol. The van der Waals surface area contributed by atoms with Crippen LogP contribution in [0.15, 0.2) is 12.7 Å². The predicted molar refractivity (Wildman–Crippen MR) is 69.5 cm³/mol. The molecule has 0 amide bonds. The maximum Gasteiger partial charge on any atom is 0.101 e. The zero-order valence-corrected chi connectivity index (χ0v) is 14.2. The molecule has 0 fully saturated rings. The van der Waals surface area contributed by atoms with Crippen LogP contribution in [-0.2, 0) is 32.9 Å². The third-order valence-electron chi connectivity index (χ3n) is 1.25. The number of hydrogen-bond donors (Lipinski definition) is 3. The van der Waals surface area contributed by atoms with Gasteiger partial charge in [0, 0.05) is 27.6 Å². The summed E-state index contributed by atoms with van der Waals surface area (Å²) < 4.78 is 0. The number of hydrogen-bond acceptors (Lipinski definition) is 2. The molecule has 14 heavy (non-hydrogen) atoms. The van der Waals surface area contributed by atoms with Crippen LogP contribution in [0.1, 0.15) is 26.2 Å². The van der Waals surface area contributed by atoms with Crippen LogP contribution in [0.4, 0.5) is 0 Å². The van der Waals surface area contributed by atoms with E-state index >= 15 is 0 Å². The van der Waals surface area contributed by atoms with E-state index in [4.69, 9.17) is 4.89 Å². The van der Waals surface area contributed by atoms with E-state index in [0.29, 0.717) is 0 Å². The minimum atomic E-state index is -1.60. The van der Waals surface area contributed by atoms with Crippen molar-refractivity contribution >= 4 is 30.2 Å². The second kappa shape index (κ2) is 19.9. The molecule has 0 bridgehead atoms. The van der Waals surface area contributed by atoms with Crippen molar-refractivity contribution in [2.24, 2.45) is 0 Å². The molecule has 0 aliphatic carbocycles. The van der Waals surface area contributed by atoms with Gasteiger partial charge in [-0.2, -0.15) is 0 Å². The predicted octanol–water partition coefficient (Wildman–Crippen LogP) is 2.36. The fourth-order valence-electron chi connectivity index (χ4n) is 0.704. The van der Waals surface area contributed by atoms with Crippen LogP contribution in [0.5, 0.6) is 0 Å². The van der Waals surface area contributed by atoms with Gasteiger partial charge in [-0.1, -0.05) is 37.6 Å². The van der Waals surface area contributed by atoms with Crippen LogP contribution in [0, 0.1) is 0 Å². The maximum absolute atomic E-state index is 7.84. The largest absolute Gasteiger partial charge is 0.359 e. The van der Waals surface area contributed by atoms with Crippen molar-refractivity contribution in [3.63, 3.8) is 0 Å². The molecule has 0 aliphatic heterocycles. The van der Waals surface area contributed by atoms with Crippen molar-refractivity contribution in [3.05, 3.63) is 12.7 Å². The number of nitrogens with one attached hydrogen (secondary N) is 1. The van der Waals surface area contributed by atoms with Gasteiger partial charge in [-0.3, -0.25) is 0 Å². The maximum atomic E-state index is 7.84. The number of unbranched alkanes of at least 4 members (excludes halogenated alkanes) is 2. The Morgan fingerprint density at radius 2 is 2.07 bits per heavy atom. The molecule has 1 atom stereocenters. The van der Waals surface area contributed by atoms with Crippen molar-refractivity contribution in [2.45, 2.75) is 26.2 Å². The fourth-order valence-corrected chi connectivity index (χ4v) is 0.704. The third-order valence-corrected chi connectivity index (χ3v) is 1.25. The Balaban J connectivity index is -0.000000209. The number of rotatable bonds is 6. The molecule has 0 aliphatic rings. The molecule has 0 aromatic carbocycles. The van der Waals surface area contributed by atoms with Crippen molar-refractivity contribution in [1.29, 1.82) is 0 Å². The van der Waals surface area contributed by atoms with Gasteiger partial charge in [0.1, 0.15) is 6.13 Å². The van der Waals surface area contributed by atoms with E-state index in [1.807, 2.05) is 6.08 Å². The molecule has 0 aromatic rings. The SMILES string of the molecule is C=CCNCCCCC.O[PH](=S)S.[W]. The summed E-state index contributed by atoms with van der Waals surface area (Å²) in [4.78, 5) is 7.84. The zero-order valence-electron chi connectivity index (χ0n) is 8.53. The number of thiol groups is 1. The van der Waals surface area contributed by atoms with Gasteiger partial charge in [-0.15, -0.1) is 18.8 Å². The summed E-state index contributed by atoms with van der Waals surface area (Å²) in [5.74, 6) is 0. The molecule has 0 aromatic heterocycles. The van der Waals surface area contributed by atoms with Crippen LogP contribution in [0.25, 0.3) is 0 Å². The summed E-state index contributed by atoms with van der Waals surface area (Å²) >= 11 is 7.58. The smallest absolute Gasteiger partial charge is 0.101 e. The van der Waals surface area contributed by atoms with Crippen molar-refractivity contribution < 1.29 is 26.0 Å². The third kappa shape index (κ3) is 37.7. The molecule has 0 saturated heterocycles. The van der Waals surface area contributed by atoms with Gasteiger partial charge >= 0.3 is 0 Å². The first-order chi connectivity index (χ1) is 6.15. The van der Waals surface area contributed by atoms with E-state index in [1.54, 1.807) is 0 Å². The average Bonchev–Trinajstić information content (AvgIpc) is 2.03.